The molecule has 0 unspecified atom stereocenters. The summed E-state index contributed by atoms with van der Waals surface area (Å²) in [7, 11) is 1.89. The highest BCUT2D eigenvalue weighted by molar-refractivity contribution is 5.86. The molecule has 0 aliphatic carbocycles. The number of halogens is 1. The lowest BCUT2D eigenvalue weighted by Crippen LogP contribution is -2.36. The number of hydrogen-bond donors (Lipinski definition) is 3. The highest BCUT2D eigenvalue weighted by atomic mass is 19.1. The predicted molar refractivity (Wildman–Crippen MR) is 140 cm³/mol. The fraction of sp³-hybridized carbons (Fsp3) is 0.321. The Labute approximate surface area is 214 Å². The summed E-state index contributed by atoms with van der Waals surface area (Å²) in [5.41, 5.74) is 2.22. The number of anilines is 2. The van der Waals surface area contributed by atoms with Gasteiger partial charge in [0.25, 0.3) is 0 Å². The van der Waals surface area contributed by atoms with Gasteiger partial charge in [-0.25, -0.2) is 9.37 Å². The molecule has 0 saturated carbocycles. The lowest BCUT2D eigenvalue weighted by atomic mass is 9.85. The van der Waals surface area contributed by atoms with E-state index in [1.54, 1.807) is 30.5 Å². The molecule has 3 N–H and O–H groups in total. The van der Waals surface area contributed by atoms with Crippen molar-refractivity contribution < 1.29 is 24.1 Å². The number of Topliss-reactive ketones (excluding diaryl/α,β-unsaturated/α-hetero) is 1. The minimum atomic E-state index is -1.22. The lowest BCUT2D eigenvalue weighted by molar-refractivity contribution is -0.131. The Balaban J connectivity index is 1.53. The molecule has 2 heterocycles. The summed E-state index contributed by atoms with van der Waals surface area (Å²) in [4.78, 5) is 21.4. The molecule has 2 aromatic carbocycles. The van der Waals surface area contributed by atoms with Gasteiger partial charge in [-0.05, 0) is 54.8 Å². The van der Waals surface area contributed by atoms with Gasteiger partial charge in [0.1, 0.15) is 23.1 Å². The van der Waals surface area contributed by atoms with E-state index in [-0.39, 0.29) is 23.9 Å². The first-order chi connectivity index (χ1) is 17.6. The average molecular weight is 507 g/mol. The van der Waals surface area contributed by atoms with E-state index in [2.05, 4.69) is 15.3 Å². The number of nitrogens with one attached hydrogen (secondary N) is 1. The molecule has 37 heavy (non-hydrogen) atoms. The third-order valence-electron chi connectivity index (χ3n) is 6.46. The van der Waals surface area contributed by atoms with E-state index in [4.69, 9.17) is 4.74 Å². The first-order valence-corrected chi connectivity index (χ1v) is 12.0. The number of aliphatic hydroxyl groups is 2. The van der Waals surface area contributed by atoms with E-state index in [1.165, 1.54) is 13.0 Å². The molecule has 0 atom stereocenters. The monoisotopic (exact) mass is 506 g/mol. The van der Waals surface area contributed by atoms with Gasteiger partial charge in [-0.1, -0.05) is 13.8 Å². The quantitative estimate of drug-likeness (QED) is 0.282. The molecule has 0 amide bonds. The largest absolute Gasteiger partial charge is 0.457 e. The molecule has 0 fully saturated rings. The highest BCUT2D eigenvalue weighted by Crippen LogP contribution is 2.30. The van der Waals surface area contributed by atoms with Crippen molar-refractivity contribution in [3.63, 3.8) is 0 Å². The van der Waals surface area contributed by atoms with Crippen LogP contribution in [0, 0.1) is 11.2 Å². The van der Waals surface area contributed by atoms with Crippen LogP contribution in [0.1, 0.15) is 37.9 Å². The Morgan fingerprint density at radius 2 is 1.84 bits per heavy atom. The van der Waals surface area contributed by atoms with Crippen LogP contribution < -0.4 is 10.1 Å². The van der Waals surface area contributed by atoms with Gasteiger partial charge < -0.3 is 24.8 Å². The smallest absolute Gasteiger partial charge is 0.208 e. The molecule has 0 aliphatic rings. The zero-order chi connectivity index (χ0) is 26.7. The van der Waals surface area contributed by atoms with E-state index < -0.39 is 18.6 Å². The molecule has 0 bridgehead atoms. The van der Waals surface area contributed by atoms with Crippen molar-refractivity contribution >= 4 is 28.5 Å². The molecule has 0 saturated heterocycles. The summed E-state index contributed by atoms with van der Waals surface area (Å²) < 4.78 is 22.0. The van der Waals surface area contributed by atoms with Crippen LogP contribution in [0.4, 0.5) is 16.0 Å². The van der Waals surface area contributed by atoms with E-state index in [0.29, 0.717) is 34.2 Å². The lowest BCUT2D eigenvalue weighted by Gasteiger charge is -2.22. The summed E-state index contributed by atoms with van der Waals surface area (Å²) in [6, 6.07) is 13.8. The number of carbonyl (C=O) groups excluding carboxylic acids is 1. The van der Waals surface area contributed by atoms with Crippen LogP contribution in [0.2, 0.25) is 0 Å². The maximum absolute atomic E-state index is 14.1. The van der Waals surface area contributed by atoms with E-state index in [9.17, 15) is 19.4 Å². The van der Waals surface area contributed by atoms with Crippen molar-refractivity contribution in [3.05, 3.63) is 71.8 Å². The topological polar surface area (TPSA) is 110 Å². The summed E-state index contributed by atoms with van der Waals surface area (Å²) in [5, 5.41) is 22.2. The number of pyridine rings is 1. The van der Waals surface area contributed by atoms with Crippen LogP contribution in [0.25, 0.3) is 11.0 Å². The minimum absolute atomic E-state index is 0.0367. The number of rotatable bonds is 10. The third-order valence-corrected chi connectivity index (χ3v) is 6.46. The molecule has 0 radical (unpaired) electrons. The Morgan fingerprint density at radius 1 is 1.11 bits per heavy atom. The molecule has 9 heteroatoms. The van der Waals surface area contributed by atoms with Crippen molar-refractivity contribution in [1.82, 2.24) is 14.5 Å². The van der Waals surface area contributed by atoms with Gasteiger partial charge in [-0.3, -0.25) is 9.78 Å². The van der Waals surface area contributed by atoms with Crippen LogP contribution in [0.3, 0.4) is 0 Å². The Hall–Kier alpha value is -3.82. The second kappa shape index (κ2) is 10.7. The fourth-order valence-electron chi connectivity index (χ4n) is 3.90. The van der Waals surface area contributed by atoms with Crippen molar-refractivity contribution in [2.45, 2.75) is 33.1 Å². The molecule has 8 nitrogen and oxygen atoms in total. The van der Waals surface area contributed by atoms with E-state index >= 15 is 0 Å². The van der Waals surface area contributed by atoms with Crippen molar-refractivity contribution in [2.24, 2.45) is 12.5 Å². The van der Waals surface area contributed by atoms with Gasteiger partial charge in [-0.15, -0.1) is 0 Å². The number of fused-ring (bicyclic) bond motifs is 1. The predicted octanol–water partition coefficient (Wildman–Crippen LogP) is 4.87. The molecule has 194 valence electrons. The first kappa shape index (κ1) is 26.2. The molecular formula is C28H31FN4O4. The summed E-state index contributed by atoms with van der Waals surface area (Å²) in [6.07, 6.45) is 1.51. The van der Waals surface area contributed by atoms with Crippen molar-refractivity contribution in [2.75, 3.05) is 18.5 Å². The molecular weight excluding hydrogens is 475 g/mol. The average Bonchev–Trinajstić information content (AvgIpc) is 3.18. The van der Waals surface area contributed by atoms with Gasteiger partial charge in [0.2, 0.25) is 5.95 Å². The summed E-state index contributed by atoms with van der Waals surface area (Å²) >= 11 is 0. The SMILES string of the molecule is CC(C)c1cc(Nc2nc3cc(Oc4ccnc(CC(=O)C(C)(CO)CO)c4)ccc3n2C)ccc1F. The van der Waals surface area contributed by atoms with E-state index in [1.807, 2.05) is 43.7 Å². The number of imidazole rings is 1. The normalized spacial score (nSPS) is 11.8. The minimum Gasteiger partial charge on any atom is -0.457 e. The molecule has 4 aromatic rings. The number of hydrogen-bond acceptors (Lipinski definition) is 7. The number of ether oxygens (including phenoxy) is 1. The van der Waals surface area contributed by atoms with Gasteiger partial charge >= 0.3 is 0 Å². The molecule has 4 rings (SSSR count). The maximum Gasteiger partial charge on any atom is 0.208 e. The van der Waals surface area contributed by atoms with Gasteiger partial charge in [0.15, 0.2) is 0 Å². The molecule has 0 spiro atoms. The number of benzene rings is 2. The van der Waals surface area contributed by atoms with Crippen molar-refractivity contribution in [3.8, 4) is 11.5 Å². The van der Waals surface area contributed by atoms with Crippen LogP contribution >= 0.6 is 0 Å². The Morgan fingerprint density at radius 3 is 2.54 bits per heavy atom. The number of aryl methyl sites for hydroxylation is 1. The van der Waals surface area contributed by atoms with Crippen LogP contribution in [-0.2, 0) is 18.3 Å². The summed E-state index contributed by atoms with van der Waals surface area (Å²) in [6.45, 7) is 4.52. The van der Waals surface area contributed by atoms with Crippen LogP contribution in [0.5, 0.6) is 11.5 Å². The first-order valence-electron chi connectivity index (χ1n) is 12.0. The summed E-state index contributed by atoms with van der Waals surface area (Å²) in [5.74, 6) is 1.18. The highest BCUT2D eigenvalue weighted by Gasteiger charge is 2.31. The third kappa shape index (κ3) is 5.63. The van der Waals surface area contributed by atoms with E-state index in [0.717, 1.165) is 11.2 Å². The van der Waals surface area contributed by atoms with Gasteiger partial charge in [0, 0.05) is 37.5 Å². The Bertz CT molecular complexity index is 1430. The maximum atomic E-state index is 14.1. The van der Waals surface area contributed by atoms with Crippen LogP contribution in [0.15, 0.2) is 54.7 Å². The second-order valence-electron chi connectivity index (χ2n) is 9.72. The Kier molecular flexibility index (Phi) is 7.56. The molecule has 0 aliphatic heterocycles. The van der Waals surface area contributed by atoms with Gasteiger partial charge in [0.05, 0.1) is 35.4 Å². The standard InChI is InChI=1S/C28H31FN4O4/c1-17(2)22-12-18(5-7-23(22)29)31-27-32-24-14-20(6-8-25(24)33(27)4)37-21-9-10-30-19(11-21)13-26(36)28(3,15-34)16-35/h5-12,14,17,34-35H,13,15-16H2,1-4H3,(H,31,32). The number of nitrogens with zero attached hydrogens (tertiary/aromatic N) is 3. The number of carbonyl (C=O) groups is 1. The zero-order valence-electron chi connectivity index (χ0n) is 21.3. The van der Waals surface area contributed by atoms with Gasteiger partial charge in [-0.2, -0.15) is 0 Å². The zero-order valence-corrected chi connectivity index (χ0v) is 21.3. The van der Waals surface area contributed by atoms with Crippen molar-refractivity contribution in [1.29, 1.82) is 0 Å². The van der Waals surface area contributed by atoms with Crippen LogP contribution in [-0.4, -0.2) is 43.7 Å². The number of aliphatic hydroxyl groups excluding tert-OH is 2. The fourth-order valence-corrected chi connectivity index (χ4v) is 3.90. The number of aromatic nitrogens is 3. The number of ketones is 1. The second-order valence-corrected chi connectivity index (χ2v) is 9.72. The molecule has 2 aromatic heterocycles.